The first kappa shape index (κ1) is 14.9. The molecule has 0 aromatic carbocycles. The largest absolute Gasteiger partial charge is 0.396 e. The number of nitrogens with zero attached hydrogens (tertiary/aromatic N) is 1. The van der Waals surface area contributed by atoms with Crippen molar-refractivity contribution in [3.8, 4) is 0 Å². The lowest BCUT2D eigenvalue weighted by molar-refractivity contribution is 0.172. The number of hydrogen-bond acceptors (Lipinski definition) is 3. The predicted molar refractivity (Wildman–Crippen MR) is 73.2 cm³/mol. The molecule has 0 aromatic rings. The summed E-state index contributed by atoms with van der Waals surface area (Å²) in [5.74, 6) is 0.722. The van der Waals surface area contributed by atoms with Crippen molar-refractivity contribution >= 4 is 0 Å². The molecule has 3 nitrogen and oxygen atoms in total. The minimum Gasteiger partial charge on any atom is -0.396 e. The molecule has 17 heavy (non-hydrogen) atoms. The highest BCUT2D eigenvalue weighted by atomic mass is 16.3. The fourth-order valence-electron chi connectivity index (χ4n) is 2.73. The maximum absolute atomic E-state index is 8.98. The highest BCUT2D eigenvalue weighted by molar-refractivity contribution is 4.84. The molecule has 0 aliphatic carbocycles. The third kappa shape index (κ3) is 4.94. The Kier molecular flexibility index (Phi) is 6.45. The van der Waals surface area contributed by atoms with E-state index in [1.165, 1.54) is 32.5 Å². The maximum atomic E-state index is 8.98. The second kappa shape index (κ2) is 7.34. The average molecular weight is 242 g/mol. The SMILES string of the molecule is CCNCC(C)(CC)CN1CCC(CCO)C1. The van der Waals surface area contributed by atoms with Gasteiger partial charge in [-0.2, -0.15) is 0 Å². The fraction of sp³-hybridized carbons (Fsp3) is 1.00. The fourth-order valence-corrected chi connectivity index (χ4v) is 2.73. The molecule has 2 unspecified atom stereocenters. The zero-order chi connectivity index (χ0) is 12.7. The van der Waals surface area contributed by atoms with Crippen LogP contribution in [0.3, 0.4) is 0 Å². The molecule has 0 radical (unpaired) electrons. The average Bonchev–Trinajstić information content (AvgIpc) is 2.74. The number of hydrogen-bond donors (Lipinski definition) is 2. The number of aliphatic hydroxyl groups is 1. The molecule has 0 bridgehead atoms. The van der Waals surface area contributed by atoms with Crippen LogP contribution in [-0.2, 0) is 0 Å². The maximum Gasteiger partial charge on any atom is 0.0434 e. The van der Waals surface area contributed by atoms with Crippen molar-refractivity contribution in [2.24, 2.45) is 11.3 Å². The van der Waals surface area contributed by atoms with Gasteiger partial charge in [0.05, 0.1) is 0 Å². The van der Waals surface area contributed by atoms with Crippen LogP contribution < -0.4 is 5.32 Å². The summed E-state index contributed by atoms with van der Waals surface area (Å²) in [6.07, 6.45) is 3.47. The Balaban J connectivity index is 2.36. The third-order valence-electron chi connectivity index (χ3n) is 4.17. The zero-order valence-corrected chi connectivity index (χ0v) is 11.8. The summed E-state index contributed by atoms with van der Waals surface area (Å²) in [5.41, 5.74) is 0.393. The highest BCUT2D eigenvalue weighted by Gasteiger charge is 2.29. The molecule has 1 aliphatic rings. The van der Waals surface area contributed by atoms with Gasteiger partial charge >= 0.3 is 0 Å². The van der Waals surface area contributed by atoms with Gasteiger partial charge in [0.15, 0.2) is 0 Å². The summed E-state index contributed by atoms with van der Waals surface area (Å²) in [5, 5.41) is 12.5. The minimum absolute atomic E-state index is 0.348. The second-order valence-corrected chi connectivity index (χ2v) is 5.85. The first-order chi connectivity index (χ1) is 8.13. The van der Waals surface area contributed by atoms with Crippen LogP contribution in [0.5, 0.6) is 0 Å². The molecule has 1 rings (SSSR count). The highest BCUT2D eigenvalue weighted by Crippen LogP contribution is 2.26. The van der Waals surface area contributed by atoms with Crippen molar-refractivity contribution in [3.63, 3.8) is 0 Å². The Morgan fingerprint density at radius 1 is 1.41 bits per heavy atom. The number of likely N-dealkylation sites (tertiary alicyclic amines) is 1. The second-order valence-electron chi connectivity index (χ2n) is 5.85. The van der Waals surface area contributed by atoms with Gasteiger partial charge in [-0.15, -0.1) is 0 Å². The molecule has 1 heterocycles. The molecule has 1 saturated heterocycles. The Hall–Kier alpha value is -0.120. The Bertz CT molecular complexity index is 210. The molecule has 2 atom stereocenters. The van der Waals surface area contributed by atoms with Crippen molar-refractivity contribution in [1.82, 2.24) is 10.2 Å². The van der Waals surface area contributed by atoms with Gasteiger partial charge in [0.2, 0.25) is 0 Å². The van der Waals surface area contributed by atoms with E-state index in [1.807, 2.05) is 0 Å². The molecule has 0 amide bonds. The zero-order valence-electron chi connectivity index (χ0n) is 11.8. The van der Waals surface area contributed by atoms with Gasteiger partial charge in [0.1, 0.15) is 0 Å². The first-order valence-corrected chi connectivity index (χ1v) is 7.17. The van der Waals surface area contributed by atoms with E-state index in [1.54, 1.807) is 0 Å². The molecule has 0 aromatic heterocycles. The van der Waals surface area contributed by atoms with E-state index < -0.39 is 0 Å². The summed E-state index contributed by atoms with van der Waals surface area (Å²) < 4.78 is 0. The van der Waals surface area contributed by atoms with Gasteiger partial charge in [-0.25, -0.2) is 0 Å². The van der Waals surface area contributed by atoms with Crippen LogP contribution in [0.2, 0.25) is 0 Å². The molecular formula is C14H30N2O. The van der Waals surface area contributed by atoms with Crippen molar-refractivity contribution < 1.29 is 5.11 Å². The normalized spacial score (nSPS) is 25.1. The van der Waals surface area contributed by atoms with E-state index in [2.05, 4.69) is 31.0 Å². The summed E-state index contributed by atoms with van der Waals surface area (Å²) in [6.45, 7) is 13.0. The van der Waals surface area contributed by atoms with E-state index in [9.17, 15) is 0 Å². The molecular weight excluding hydrogens is 212 g/mol. The van der Waals surface area contributed by atoms with Crippen molar-refractivity contribution in [2.75, 3.05) is 39.3 Å². The van der Waals surface area contributed by atoms with Crippen LogP contribution in [0, 0.1) is 11.3 Å². The van der Waals surface area contributed by atoms with Crippen LogP contribution in [0.1, 0.15) is 40.0 Å². The lowest BCUT2D eigenvalue weighted by atomic mass is 9.87. The monoisotopic (exact) mass is 242 g/mol. The first-order valence-electron chi connectivity index (χ1n) is 7.17. The van der Waals surface area contributed by atoms with E-state index in [-0.39, 0.29) is 0 Å². The Morgan fingerprint density at radius 2 is 2.18 bits per heavy atom. The standard InChI is InChI=1S/C14H30N2O/c1-4-14(3,11-15-5-2)12-16-8-6-13(10-16)7-9-17/h13,15,17H,4-12H2,1-3H3. The summed E-state index contributed by atoms with van der Waals surface area (Å²) in [7, 11) is 0. The number of rotatable bonds is 8. The lowest BCUT2D eigenvalue weighted by Crippen LogP contribution is -2.41. The van der Waals surface area contributed by atoms with Crippen LogP contribution in [0.4, 0.5) is 0 Å². The van der Waals surface area contributed by atoms with E-state index in [4.69, 9.17) is 5.11 Å². The smallest absolute Gasteiger partial charge is 0.0434 e. The van der Waals surface area contributed by atoms with Gasteiger partial charge in [0.25, 0.3) is 0 Å². The van der Waals surface area contributed by atoms with E-state index >= 15 is 0 Å². The number of nitrogens with one attached hydrogen (secondary N) is 1. The van der Waals surface area contributed by atoms with E-state index in [0.717, 1.165) is 25.4 Å². The van der Waals surface area contributed by atoms with Gasteiger partial charge in [-0.1, -0.05) is 20.8 Å². The van der Waals surface area contributed by atoms with Crippen LogP contribution >= 0.6 is 0 Å². The Morgan fingerprint density at radius 3 is 2.76 bits per heavy atom. The molecule has 1 aliphatic heterocycles. The molecule has 1 fully saturated rings. The van der Waals surface area contributed by atoms with Gasteiger partial charge in [0, 0.05) is 26.2 Å². The number of aliphatic hydroxyl groups excluding tert-OH is 1. The Labute approximate surface area is 107 Å². The topological polar surface area (TPSA) is 35.5 Å². The van der Waals surface area contributed by atoms with Crippen molar-refractivity contribution in [2.45, 2.75) is 40.0 Å². The lowest BCUT2D eigenvalue weighted by Gasteiger charge is -2.33. The summed E-state index contributed by atoms with van der Waals surface area (Å²) in [6, 6.07) is 0. The van der Waals surface area contributed by atoms with Crippen LogP contribution in [0.25, 0.3) is 0 Å². The predicted octanol–water partition coefficient (Wildman–Crippen LogP) is 1.72. The van der Waals surface area contributed by atoms with Gasteiger partial charge < -0.3 is 15.3 Å². The van der Waals surface area contributed by atoms with Gasteiger partial charge in [-0.3, -0.25) is 0 Å². The van der Waals surface area contributed by atoms with E-state index in [0.29, 0.717) is 12.0 Å². The quantitative estimate of drug-likeness (QED) is 0.680. The molecule has 3 heteroatoms. The van der Waals surface area contributed by atoms with Crippen LogP contribution in [0.15, 0.2) is 0 Å². The van der Waals surface area contributed by atoms with Crippen molar-refractivity contribution in [3.05, 3.63) is 0 Å². The molecule has 102 valence electrons. The molecule has 2 N–H and O–H groups in total. The third-order valence-corrected chi connectivity index (χ3v) is 4.17. The van der Waals surface area contributed by atoms with Crippen molar-refractivity contribution in [1.29, 1.82) is 0 Å². The molecule has 0 spiro atoms. The van der Waals surface area contributed by atoms with Crippen LogP contribution in [-0.4, -0.2) is 49.3 Å². The van der Waals surface area contributed by atoms with Gasteiger partial charge in [-0.05, 0) is 43.7 Å². The molecule has 0 saturated carbocycles. The minimum atomic E-state index is 0.348. The summed E-state index contributed by atoms with van der Waals surface area (Å²) in [4.78, 5) is 2.58. The summed E-state index contributed by atoms with van der Waals surface area (Å²) >= 11 is 0.